The molecule has 24 heavy (non-hydrogen) atoms. The number of fused-ring (bicyclic) bond motifs is 1. The van der Waals surface area contributed by atoms with E-state index in [0.29, 0.717) is 41.5 Å². The van der Waals surface area contributed by atoms with E-state index >= 15 is 0 Å². The molecule has 0 bridgehead atoms. The summed E-state index contributed by atoms with van der Waals surface area (Å²) in [6.45, 7) is 6.75. The van der Waals surface area contributed by atoms with E-state index in [1.165, 1.54) is 22.5 Å². The minimum absolute atomic E-state index is 0.153. The van der Waals surface area contributed by atoms with Crippen molar-refractivity contribution < 1.29 is 22.7 Å². The molecule has 1 aromatic carbocycles. The molecule has 3 rings (SSSR count). The number of nitrogens with zero attached hydrogens (tertiary/aromatic N) is 1. The second-order valence-electron chi connectivity index (χ2n) is 6.79. The topological polar surface area (TPSA) is 87.8 Å². The Labute approximate surface area is 141 Å². The van der Waals surface area contributed by atoms with Crippen LogP contribution < -0.4 is 0 Å². The Bertz CT molecular complexity index is 889. The van der Waals surface area contributed by atoms with Gasteiger partial charge in [-0.2, -0.15) is 4.31 Å². The van der Waals surface area contributed by atoms with Crippen molar-refractivity contribution in [3.05, 3.63) is 29.5 Å². The number of rotatable bonds is 3. The molecule has 0 unspecified atom stereocenters. The smallest absolute Gasteiger partial charge is 0.372 e. The highest BCUT2D eigenvalue weighted by Gasteiger charge is 2.32. The maximum atomic E-state index is 13.0. The summed E-state index contributed by atoms with van der Waals surface area (Å²) in [4.78, 5) is 11.4. The van der Waals surface area contributed by atoms with E-state index in [9.17, 15) is 13.2 Å². The van der Waals surface area contributed by atoms with Crippen LogP contribution >= 0.6 is 0 Å². The molecule has 7 heteroatoms. The van der Waals surface area contributed by atoms with Crippen LogP contribution in [0, 0.1) is 18.8 Å². The fourth-order valence-electron chi connectivity index (χ4n) is 3.52. The van der Waals surface area contributed by atoms with Gasteiger partial charge >= 0.3 is 5.97 Å². The standard InChI is InChI=1S/C17H21NO5S/c1-10-6-11(2)9-18(8-10)24(21,22)13-4-5-15-14(7-13)12(3)16(23-15)17(19)20/h4-5,7,10-11H,6,8-9H2,1-3H3,(H,19,20)/t10-,11-/m1/s1. The molecule has 0 amide bonds. The number of hydrogen-bond acceptors (Lipinski definition) is 4. The summed E-state index contributed by atoms with van der Waals surface area (Å²) in [7, 11) is -3.60. The fourth-order valence-corrected chi connectivity index (χ4v) is 5.22. The molecular weight excluding hydrogens is 330 g/mol. The molecule has 0 aliphatic carbocycles. The molecule has 0 saturated carbocycles. The molecular formula is C17H21NO5S. The Morgan fingerprint density at radius 2 is 1.88 bits per heavy atom. The Kier molecular flexibility index (Phi) is 4.17. The van der Waals surface area contributed by atoms with E-state index in [-0.39, 0.29) is 10.7 Å². The first kappa shape index (κ1) is 17.0. The lowest BCUT2D eigenvalue weighted by Crippen LogP contribution is -2.42. The van der Waals surface area contributed by atoms with Gasteiger partial charge in [-0.3, -0.25) is 0 Å². The molecule has 1 aliphatic rings. The van der Waals surface area contributed by atoms with E-state index < -0.39 is 16.0 Å². The summed E-state index contributed by atoms with van der Waals surface area (Å²) in [6.07, 6.45) is 1.02. The van der Waals surface area contributed by atoms with E-state index in [2.05, 4.69) is 13.8 Å². The molecule has 1 aromatic heterocycles. The Morgan fingerprint density at radius 3 is 2.46 bits per heavy atom. The quantitative estimate of drug-likeness (QED) is 0.918. The number of furan rings is 1. The van der Waals surface area contributed by atoms with Gasteiger partial charge in [0.15, 0.2) is 0 Å². The van der Waals surface area contributed by atoms with Gasteiger partial charge in [0, 0.05) is 24.0 Å². The largest absolute Gasteiger partial charge is 0.475 e. The molecule has 0 radical (unpaired) electrons. The number of aromatic carboxylic acids is 1. The van der Waals surface area contributed by atoms with Crippen LogP contribution in [0.2, 0.25) is 0 Å². The van der Waals surface area contributed by atoms with Crippen molar-refractivity contribution in [3.8, 4) is 0 Å². The average molecular weight is 351 g/mol. The zero-order valence-electron chi connectivity index (χ0n) is 13.9. The molecule has 2 aromatic rings. The summed E-state index contributed by atoms with van der Waals surface area (Å²) in [6, 6.07) is 4.52. The maximum Gasteiger partial charge on any atom is 0.372 e. The van der Waals surface area contributed by atoms with Crippen molar-refractivity contribution in [3.63, 3.8) is 0 Å². The van der Waals surface area contributed by atoms with Gasteiger partial charge in [0.1, 0.15) is 5.58 Å². The number of sulfonamides is 1. The monoisotopic (exact) mass is 351 g/mol. The number of carbonyl (C=O) groups is 1. The van der Waals surface area contributed by atoms with Crippen molar-refractivity contribution in [2.24, 2.45) is 11.8 Å². The lowest BCUT2D eigenvalue weighted by Gasteiger charge is -2.34. The van der Waals surface area contributed by atoms with E-state index in [1.54, 1.807) is 6.92 Å². The lowest BCUT2D eigenvalue weighted by atomic mass is 9.94. The predicted molar refractivity (Wildman–Crippen MR) is 89.6 cm³/mol. The van der Waals surface area contributed by atoms with Crippen LogP contribution in [0.3, 0.4) is 0 Å². The minimum atomic E-state index is -3.60. The second kappa shape index (κ2) is 5.89. The third-order valence-electron chi connectivity index (χ3n) is 4.58. The summed E-state index contributed by atoms with van der Waals surface area (Å²) >= 11 is 0. The van der Waals surface area contributed by atoms with Gasteiger partial charge in [0.05, 0.1) is 4.90 Å². The summed E-state index contributed by atoms with van der Waals surface area (Å²) in [5.74, 6) is -0.672. The first-order chi connectivity index (χ1) is 11.2. The summed E-state index contributed by atoms with van der Waals surface area (Å²) in [5.41, 5.74) is 0.819. The SMILES string of the molecule is Cc1c(C(=O)O)oc2ccc(S(=O)(=O)N3C[C@H](C)C[C@@H](C)C3)cc12. The molecule has 1 aliphatic heterocycles. The van der Waals surface area contributed by atoms with Crippen molar-refractivity contribution in [2.75, 3.05) is 13.1 Å². The molecule has 6 nitrogen and oxygen atoms in total. The van der Waals surface area contributed by atoms with E-state index in [1.807, 2.05) is 0 Å². The number of benzene rings is 1. The lowest BCUT2D eigenvalue weighted by molar-refractivity contribution is 0.0664. The van der Waals surface area contributed by atoms with Crippen molar-refractivity contribution >= 4 is 27.0 Å². The van der Waals surface area contributed by atoms with Gasteiger partial charge in [0.25, 0.3) is 0 Å². The molecule has 0 spiro atoms. The van der Waals surface area contributed by atoms with Crippen molar-refractivity contribution in [2.45, 2.75) is 32.1 Å². The molecule has 1 N–H and O–H groups in total. The summed E-state index contributed by atoms with van der Waals surface area (Å²) in [5, 5.41) is 9.66. The van der Waals surface area contributed by atoms with Gasteiger partial charge < -0.3 is 9.52 Å². The predicted octanol–water partition coefficient (Wildman–Crippen LogP) is 3.11. The highest BCUT2D eigenvalue weighted by Crippen LogP contribution is 2.31. The Hall–Kier alpha value is -1.86. The van der Waals surface area contributed by atoms with Crippen LogP contribution in [0.1, 0.15) is 36.4 Å². The Morgan fingerprint density at radius 1 is 1.25 bits per heavy atom. The van der Waals surface area contributed by atoms with Gasteiger partial charge in [-0.15, -0.1) is 0 Å². The van der Waals surface area contributed by atoms with Crippen LogP contribution in [0.4, 0.5) is 0 Å². The number of carboxylic acids is 1. The average Bonchev–Trinajstić information content (AvgIpc) is 2.83. The zero-order valence-corrected chi connectivity index (χ0v) is 14.8. The van der Waals surface area contributed by atoms with Crippen LogP contribution in [0.15, 0.2) is 27.5 Å². The molecule has 2 heterocycles. The normalized spacial score (nSPS) is 22.8. The van der Waals surface area contributed by atoms with Crippen LogP contribution in [-0.2, 0) is 10.0 Å². The number of aryl methyl sites for hydroxylation is 1. The van der Waals surface area contributed by atoms with Crippen molar-refractivity contribution in [1.82, 2.24) is 4.31 Å². The first-order valence-corrected chi connectivity index (χ1v) is 9.40. The fraction of sp³-hybridized carbons (Fsp3) is 0.471. The van der Waals surface area contributed by atoms with Crippen LogP contribution in [0.25, 0.3) is 11.0 Å². The maximum absolute atomic E-state index is 13.0. The van der Waals surface area contributed by atoms with Gasteiger partial charge in [-0.1, -0.05) is 13.8 Å². The van der Waals surface area contributed by atoms with Crippen LogP contribution in [-0.4, -0.2) is 36.9 Å². The molecule has 2 atom stereocenters. The first-order valence-electron chi connectivity index (χ1n) is 7.96. The Balaban J connectivity index is 2.05. The third-order valence-corrected chi connectivity index (χ3v) is 6.40. The van der Waals surface area contributed by atoms with Gasteiger partial charge in [0.2, 0.25) is 15.8 Å². The summed E-state index contributed by atoms with van der Waals surface area (Å²) < 4.78 is 32.7. The number of hydrogen-bond donors (Lipinski definition) is 1. The highest BCUT2D eigenvalue weighted by atomic mass is 32.2. The molecule has 130 valence electrons. The number of carboxylic acid groups (broad SMARTS) is 1. The molecule has 1 saturated heterocycles. The van der Waals surface area contributed by atoms with E-state index in [4.69, 9.17) is 9.52 Å². The van der Waals surface area contributed by atoms with Crippen molar-refractivity contribution in [1.29, 1.82) is 0 Å². The second-order valence-corrected chi connectivity index (χ2v) is 8.73. The highest BCUT2D eigenvalue weighted by molar-refractivity contribution is 7.89. The van der Waals surface area contributed by atoms with E-state index in [0.717, 1.165) is 6.42 Å². The van der Waals surface area contributed by atoms with Gasteiger partial charge in [-0.05, 0) is 43.4 Å². The zero-order chi connectivity index (χ0) is 17.6. The van der Waals surface area contributed by atoms with Gasteiger partial charge in [-0.25, -0.2) is 13.2 Å². The number of piperidine rings is 1. The molecule has 1 fully saturated rings. The third kappa shape index (κ3) is 2.82. The minimum Gasteiger partial charge on any atom is -0.475 e. The van der Waals surface area contributed by atoms with Crippen LogP contribution in [0.5, 0.6) is 0 Å².